The van der Waals surface area contributed by atoms with Gasteiger partial charge in [-0.25, -0.2) is 4.39 Å². The number of nitrogens with one attached hydrogen (secondary N) is 2. The number of amides is 1. The molecule has 4 aliphatic heterocycles. The Labute approximate surface area is 423 Å². The first-order valence-electron chi connectivity index (χ1n) is 26.3. The van der Waals surface area contributed by atoms with Crippen LogP contribution >= 0.6 is 0 Å². The van der Waals surface area contributed by atoms with E-state index in [1.165, 1.54) is 14.0 Å². The van der Waals surface area contributed by atoms with Gasteiger partial charge in [0.1, 0.15) is 36.7 Å². The molecule has 1 unspecified atom stereocenters. The predicted molar refractivity (Wildman–Crippen MR) is 269 cm³/mol. The fraction of sp³-hybridized carbons (Fsp3) is 0.849. The molecule has 0 radical (unpaired) electrons. The molecule has 1 aromatic rings. The zero-order valence-electron chi connectivity index (χ0n) is 45.1. The zero-order valence-corrected chi connectivity index (χ0v) is 45.1. The number of piperazine rings is 1. The number of rotatable bonds is 14. The molecule has 19 atom stereocenters. The average Bonchev–Trinajstić information content (AvgIpc) is 3.33. The van der Waals surface area contributed by atoms with Crippen LogP contribution in [0.1, 0.15) is 107 Å². The number of anilines is 1. The minimum Gasteiger partial charge on any atom is -0.459 e. The Balaban J connectivity index is 1.40. The number of cyclic esters (lactones) is 1. The Kier molecular flexibility index (Phi) is 21.1. The number of aliphatic hydroxyl groups is 5. The fourth-order valence-corrected chi connectivity index (χ4v) is 12.1. The second kappa shape index (κ2) is 25.3. The van der Waals surface area contributed by atoms with E-state index in [1.807, 2.05) is 68.9 Å². The normalized spacial score (nSPS) is 41.2. The molecule has 71 heavy (non-hydrogen) atoms. The molecular formula is C53H92FN5O12. The lowest BCUT2D eigenvalue weighted by molar-refractivity contribution is -0.302. The Morgan fingerprint density at radius 3 is 2.25 bits per heavy atom. The second-order valence-corrected chi connectivity index (χ2v) is 22.5. The molecular weight excluding hydrogens is 918 g/mol. The van der Waals surface area contributed by atoms with Crippen LogP contribution in [0.5, 0.6) is 0 Å². The number of esters is 1. The van der Waals surface area contributed by atoms with Gasteiger partial charge in [-0.2, -0.15) is 0 Å². The minimum absolute atomic E-state index is 0.0498. The van der Waals surface area contributed by atoms with Crippen LogP contribution in [-0.2, 0) is 39.7 Å². The molecule has 7 N–H and O–H groups in total. The number of aliphatic hydroxyl groups excluding tert-OH is 3. The summed E-state index contributed by atoms with van der Waals surface area (Å²) in [6.45, 7) is 21.3. The number of methoxy groups -OCH3 is 1. The van der Waals surface area contributed by atoms with Crippen molar-refractivity contribution in [3.63, 3.8) is 0 Å². The number of carbonyl (C=O) groups excluding carboxylic acids is 2. The summed E-state index contributed by atoms with van der Waals surface area (Å²) < 4.78 is 46.4. The zero-order chi connectivity index (χ0) is 52.7. The maximum atomic E-state index is 14.6. The number of ether oxygens (including phenoxy) is 5. The summed E-state index contributed by atoms with van der Waals surface area (Å²) in [4.78, 5) is 34.1. The van der Waals surface area contributed by atoms with E-state index in [9.17, 15) is 39.5 Å². The van der Waals surface area contributed by atoms with Crippen LogP contribution in [0.4, 0.5) is 10.1 Å². The molecule has 17 nitrogen and oxygen atoms in total. The molecule has 4 aliphatic rings. The number of benzene rings is 1. The van der Waals surface area contributed by atoms with Gasteiger partial charge in [-0.1, -0.05) is 39.8 Å². The number of alkyl halides is 1. The van der Waals surface area contributed by atoms with Crippen molar-refractivity contribution in [1.29, 1.82) is 0 Å². The van der Waals surface area contributed by atoms with Crippen LogP contribution in [0.2, 0.25) is 0 Å². The Morgan fingerprint density at radius 2 is 1.65 bits per heavy atom. The standard InChI is InChI=1S/C53H92FN5O12/c1-14-42-53(10,66)46(62)35(6)58(12)30-31(2)27-51(8,65)48(33(4)44(34(5)49(64)70-42)41-28-52(9,67-13)47(63)36(7)69-41)71-50-45(61)40(25-32(3)68-50)57(11)22-19-43(60)56-38(29-54)26-37-15-17-39(18-16-37)59-23-20-55-21-24-59/h15-18,31-36,38,40-42,44-48,50,55,61-63,65-66H,14,19-30H2,1-13H3,(H,56,60)/t31-,32-,33+,34-,35-,36+,38+,40+,41-,42-,44?,45-,46-,47+,48-,50+,51-,52-,53-/m1/s1. The fourth-order valence-electron chi connectivity index (χ4n) is 12.1. The monoisotopic (exact) mass is 1010 g/mol. The van der Waals surface area contributed by atoms with Gasteiger partial charge in [0, 0.05) is 82.9 Å². The van der Waals surface area contributed by atoms with E-state index in [0.29, 0.717) is 19.4 Å². The summed E-state index contributed by atoms with van der Waals surface area (Å²) in [5.41, 5.74) is -2.50. The second-order valence-electron chi connectivity index (χ2n) is 22.5. The number of likely N-dealkylation sites (N-methyl/N-ethyl adjacent to an activating group) is 2. The molecule has 0 spiro atoms. The van der Waals surface area contributed by atoms with Crippen molar-refractivity contribution in [3.05, 3.63) is 29.8 Å². The van der Waals surface area contributed by atoms with E-state index in [0.717, 1.165) is 37.4 Å². The lowest BCUT2D eigenvalue weighted by atomic mass is 9.68. The smallest absolute Gasteiger partial charge is 0.309 e. The first-order valence-corrected chi connectivity index (χ1v) is 26.3. The molecule has 4 heterocycles. The molecule has 4 saturated heterocycles. The quantitative estimate of drug-likeness (QED) is 0.134. The predicted octanol–water partition coefficient (Wildman–Crippen LogP) is 3.04. The first kappa shape index (κ1) is 59.3. The van der Waals surface area contributed by atoms with Crippen molar-refractivity contribution < 1.29 is 63.2 Å². The summed E-state index contributed by atoms with van der Waals surface area (Å²) >= 11 is 0. The number of hydrogen-bond acceptors (Lipinski definition) is 16. The van der Waals surface area contributed by atoms with Crippen molar-refractivity contribution in [2.75, 3.05) is 72.0 Å². The van der Waals surface area contributed by atoms with E-state index < -0.39 is 120 Å². The van der Waals surface area contributed by atoms with Gasteiger partial charge in [0.25, 0.3) is 0 Å². The van der Waals surface area contributed by atoms with Crippen LogP contribution < -0.4 is 15.5 Å². The molecule has 0 aliphatic carbocycles. The Morgan fingerprint density at radius 1 is 1.00 bits per heavy atom. The van der Waals surface area contributed by atoms with Gasteiger partial charge >= 0.3 is 5.97 Å². The lowest BCUT2D eigenvalue weighted by Gasteiger charge is -2.51. The summed E-state index contributed by atoms with van der Waals surface area (Å²) in [6, 6.07) is 6.23. The van der Waals surface area contributed by atoms with Crippen molar-refractivity contribution in [3.8, 4) is 0 Å². The van der Waals surface area contributed by atoms with E-state index in [2.05, 4.69) is 15.5 Å². The van der Waals surface area contributed by atoms with E-state index >= 15 is 0 Å². The topological polar surface area (TPSA) is 215 Å². The molecule has 0 bridgehead atoms. The number of nitrogens with zero attached hydrogens (tertiary/aromatic N) is 3. The van der Waals surface area contributed by atoms with Crippen LogP contribution in [0, 0.1) is 23.7 Å². The highest BCUT2D eigenvalue weighted by Gasteiger charge is 2.55. The van der Waals surface area contributed by atoms with Crippen molar-refractivity contribution in [1.82, 2.24) is 20.4 Å². The van der Waals surface area contributed by atoms with Crippen LogP contribution in [0.15, 0.2) is 24.3 Å². The first-order chi connectivity index (χ1) is 33.3. The molecule has 1 aromatic carbocycles. The van der Waals surface area contributed by atoms with Crippen molar-refractivity contribution >= 4 is 17.6 Å². The number of halogens is 1. The molecule has 4 fully saturated rings. The van der Waals surface area contributed by atoms with Crippen LogP contribution in [0.3, 0.4) is 0 Å². The highest BCUT2D eigenvalue weighted by molar-refractivity contribution is 5.76. The van der Waals surface area contributed by atoms with Gasteiger partial charge in [0.05, 0.1) is 47.6 Å². The van der Waals surface area contributed by atoms with Crippen LogP contribution in [-0.4, -0.2) is 204 Å². The van der Waals surface area contributed by atoms with Crippen molar-refractivity contribution in [2.45, 2.75) is 198 Å². The van der Waals surface area contributed by atoms with Gasteiger partial charge in [0.2, 0.25) is 5.91 Å². The lowest BCUT2D eigenvalue weighted by Crippen LogP contribution is -2.62. The SMILES string of the molecule is CC[C@H]1OC(=O)[C@H](C)C([C@H]2C[C@@](C)(OC)[C@@H](O)[C@H](C)O2)[C@H](C)[C@@H](O[C@@H]2O[C@H](C)C[C@H](N(C)CCC(=O)N[C@H](CF)Cc3ccc(N4CCNCC4)cc3)[C@H]2O)[C@](C)(O)C[C@@H](C)CN(C)[C@H](C)[C@@H](O)[C@]1(C)O. The molecule has 408 valence electrons. The highest BCUT2D eigenvalue weighted by atomic mass is 19.1. The highest BCUT2D eigenvalue weighted by Crippen LogP contribution is 2.45. The largest absolute Gasteiger partial charge is 0.459 e. The number of carbonyl (C=O) groups is 2. The van der Waals surface area contributed by atoms with Gasteiger partial charge < -0.3 is 74.6 Å². The van der Waals surface area contributed by atoms with E-state index in [-0.39, 0.29) is 44.1 Å². The van der Waals surface area contributed by atoms with Gasteiger partial charge in [0.15, 0.2) is 6.29 Å². The third-order valence-corrected chi connectivity index (χ3v) is 16.6. The summed E-state index contributed by atoms with van der Waals surface area (Å²) in [7, 11) is 5.16. The van der Waals surface area contributed by atoms with Crippen molar-refractivity contribution in [2.24, 2.45) is 23.7 Å². The van der Waals surface area contributed by atoms with Gasteiger partial charge in [-0.05, 0) is 111 Å². The maximum absolute atomic E-state index is 14.6. The summed E-state index contributed by atoms with van der Waals surface area (Å²) in [5, 5.41) is 66.2. The minimum atomic E-state index is -1.83. The summed E-state index contributed by atoms with van der Waals surface area (Å²) in [5.74, 6) is -3.61. The molecule has 1 amide bonds. The average molecular weight is 1010 g/mol. The Hall–Kier alpha value is -2.59. The number of hydrogen-bond donors (Lipinski definition) is 7. The maximum Gasteiger partial charge on any atom is 0.309 e. The molecule has 5 rings (SSSR count). The molecule has 0 aromatic heterocycles. The third kappa shape index (κ3) is 14.4. The van der Waals surface area contributed by atoms with Gasteiger partial charge in [-0.15, -0.1) is 0 Å². The Bertz CT molecular complexity index is 1830. The summed E-state index contributed by atoms with van der Waals surface area (Å²) in [6.07, 6.45) is -7.54. The van der Waals surface area contributed by atoms with E-state index in [4.69, 9.17) is 23.7 Å². The van der Waals surface area contributed by atoms with Gasteiger partial charge in [-0.3, -0.25) is 9.59 Å². The molecule has 0 saturated carbocycles. The van der Waals surface area contributed by atoms with E-state index in [1.54, 1.807) is 41.5 Å². The van der Waals surface area contributed by atoms with Crippen LogP contribution in [0.25, 0.3) is 0 Å². The molecule has 18 heteroatoms. The third-order valence-electron chi connectivity index (χ3n) is 16.6.